The number of carbonyl (C=O) groups is 1. The van der Waals surface area contributed by atoms with Crippen LogP contribution >= 0.6 is 0 Å². The molecule has 4 heteroatoms. The monoisotopic (exact) mass is 209 g/mol. The number of hydrogen-bond donors (Lipinski definition) is 3. The summed E-state index contributed by atoms with van der Waals surface area (Å²) in [6.07, 6.45) is -0.277. The Hall–Kier alpha value is -1.55. The molecule has 0 heterocycles. The Morgan fingerprint density at radius 1 is 1.40 bits per heavy atom. The maximum absolute atomic E-state index is 11.3. The van der Waals surface area contributed by atoms with E-state index in [1.54, 1.807) is 19.1 Å². The molecule has 1 atom stereocenters. The van der Waals surface area contributed by atoms with Gasteiger partial charge in [0.2, 0.25) is 5.91 Å². The lowest BCUT2D eigenvalue weighted by Crippen LogP contribution is -2.31. The van der Waals surface area contributed by atoms with E-state index < -0.39 is 6.10 Å². The maximum atomic E-state index is 11.3. The Balaban J connectivity index is 2.41. The number of aliphatic hydroxyl groups is 1. The number of amides is 1. The lowest BCUT2D eigenvalue weighted by atomic mass is 10.1. The second-order valence-corrected chi connectivity index (χ2v) is 3.50. The lowest BCUT2D eigenvalue weighted by Gasteiger charge is -2.06. The van der Waals surface area contributed by atoms with Gasteiger partial charge < -0.3 is 15.5 Å². The van der Waals surface area contributed by atoms with Gasteiger partial charge in [0.1, 0.15) is 5.75 Å². The van der Waals surface area contributed by atoms with Gasteiger partial charge in [-0.2, -0.15) is 0 Å². The van der Waals surface area contributed by atoms with Crippen LogP contribution in [0.3, 0.4) is 0 Å². The van der Waals surface area contributed by atoms with E-state index in [-0.39, 0.29) is 24.6 Å². The largest absolute Gasteiger partial charge is 0.508 e. The van der Waals surface area contributed by atoms with Gasteiger partial charge in [0.15, 0.2) is 0 Å². The van der Waals surface area contributed by atoms with E-state index in [0.717, 1.165) is 5.56 Å². The molecule has 0 radical (unpaired) electrons. The third-order valence-corrected chi connectivity index (χ3v) is 1.90. The van der Waals surface area contributed by atoms with Gasteiger partial charge in [-0.25, -0.2) is 0 Å². The first-order chi connectivity index (χ1) is 7.08. The van der Waals surface area contributed by atoms with E-state index in [2.05, 4.69) is 5.32 Å². The number of carbonyl (C=O) groups excluding carboxylic acids is 1. The lowest BCUT2D eigenvalue weighted by molar-refractivity contribution is -0.120. The van der Waals surface area contributed by atoms with Crippen LogP contribution in [0, 0.1) is 0 Å². The van der Waals surface area contributed by atoms with Crippen molar-refractivity contribution < 1.29 is 15.0 Å². The van der Waals surface area contributed by atoms with Gasteiger partial charge in [-0.1, -0.05) is 12.1 Å². The molecular formula is C11H15NO3. The molecule has 0 unspecified atom stereocenters. The second-order valence-electron chi connectivity index (χ2n) is 3.50. The number of benzene rings is 1. The molecule has 15 heavy (non-hydrogen) atoms. The smallest absolute Gasteiger partial charge is 0.224 e. The van der Waals surface area contributed by atoms with Crippen LogP contribution in [-0.2, 0) is 11.2 Å². The molecule has 0 aliphatic rings. The molecule has 0 aliphatic heterocycles. The number of phenols is 1. The fourth-order valence-corrected chi connectivity index (χ4v) is 1.12. The van der Waals surface area contributed by atoms with Gasteiger partial charge in [-0.05, 0) is 24.6 Å². The van der Waals surface area contributed by atoms with Crippen LogP contribution in [0.15, 0.2) is 24.3 Å². The Morgan fingerprint density at radius 2 is 2.00 bits per heavy atom. The Kier molecular flexibility index (Phi) is 4.12. The summed E-state index contributed by atoms with van der Waals surface area (Å²) in [4.78, 5) is 11.3. The van der Waals surface area contributed by atoms with Crippen molar-refractivity contribution in [3.8, 4) is 5.75 Å². The molecule has 4 nitrogen and oxygen atoms in total. The van der Waals surface area contributed by atoms with Gasteiger partial charge >= 0.3 is 0 Å². The van der Waals surface area contributed by atoms with Crippen LogP contribution in [0.2, 0.25) is 0 Å². The minimum atomic E-state index is -0.534. The van der Waals surface area contributed by atoms with E-state index in [9.17, 15) is 4.79 Å². The summed E-state index contributed by atoms with van der Waals surface area (Å²) in [7, 11) is 0. The first-order valence-corrected chi connectivity index (χ1v) is 4.80. The zero-order chi connectivity index (χ0) is 11.3. The number of aromatic hydroxyl groups is 1. The Morgan fingerprint density at radius 3 is 2.53 bits per heavy atom. The third kappa shape index (κ3) is 4.46. The fourth-order valence-electron chi connectivity index (χ4n) is 1.12. The molecule has 0 aromatic heterocycles. The number of aliphatic hydroxyl groups excluding tert-OH is 1. The SMILES string of the molecule is C[C@@H](O)CNC(=O)Cc1ccc(O)cc1. The summed E-state index contributed by atoms with van der Waals surface area (Å²) >= 11 is 0. The molecule has 0 spiro atoms. The molecule has 82 valence electrons. The zero-order valence-corrected chi connectivity index (χ0v) is 8.60. The highest BCUT2D eigenvalue weighted by atomic mass is 16.3. The van der Waals surface area contributed by atoms with Crippen LogP contribution in [-0.4, -0.2) is 28.8 Å². The van der Waals surface area contributed by atoms with E-state index in [4.69, 9.17) is 10.2 Å². The summed E-state index contributed by atoms with van der Waals surface area (Å²) in [5.41, 5.74) is 0.830. The number of rotatable bonds is 4. The highest BCUT2D eigenvalue weighted by Crippen LogP contribution is 2.09. The van der Waals surface area contributed by atoms with Gasteiger partial charge in [0.05, 0.1) is 12.5 Å². The predicted molar refractivity (Wildman–Crippen MR) is 56.5 cm³/mol. The van der Waals surface area contributed by atoms with Crippen molar-refractivity contribution in [1.82, 2.24) is 5.32 Å². The average Bonchev–Trinajstić information content (AvgIpc) is 2.19. The summed E-state index contributed by atoms with van der Waals surface area (Å²) in [5.74, 6) is 0.0460. The predicted octanol–water partition coefficient (Wildman–Crippen LogP) is 0.432. The molecule has 0 bridgehead atoms. The van der Waals surface area contributed by atoms with Gasteiger partial charge in [0, 0.05) is 6.54 Å². The van der Waals surface area contributed by atoms with Gasteiger partial charge in [-0.15, -0.1) is 0 Å². The molecule has 1 amide bonds. The normalized spacial score (nSPS) is 12.1. The quantitative estimate of drug-likeness (QED) is 0.673. The summed E-state index contributed by atoms with van der Waals surface area (Å²) in [6, 6.07) is 6.46. The van der Waals surface area contributed by atoms with E-state index in [0.29, 0.717) is 0 Å². The van der Waals surface area contributed by atoms with Crippen LogP contribution in [0.4, 0.5) is 0 Å². The molecule has 1 rings (SSSR count). The first kappa shape index (κ1) is 11.5. The zero-order valence-electron chi connectivity index (χ0n) is 8.60. The molecular weight excluding hydrogens is 194 g/mol. The van der Waals surface area contributed by atoms with Gasteiger partial charge in [0.25, 0.3) is 0 Å². The summed E-state index contributed by atoms with van der Waals surface area (Å²) in [6.45, 7) is 1.87. The van der Waals surface area contributed by atoms with Crippen molar-refractivity contribution in [3.63, 3.8) is 0 Å². The first-order valence-electron chi connectivity index (χ1n) is 4.80. The number of hydrogen-bond acceptors (Lipinski definition) is 3. The van der Waals surface area contributed by atoms with E-state index in [1.165, 1.54) is 12.1 Å². The molecule has 0 aliphatic carbocycles. The average molecular weight is 209 g/mol. The third-order valence-electron chi connectivity index (χ3n) is 1.90. The highest BCUT2D eigenvalue weighted by Gasteiger charge is 2.04. The van der Waals surface area contributed by atoms with Crippen LogP contribution in [0.1, 0.15) is 12.5 Å². The number of phenolic OH excluding ortho intramolecular Hbond substituents is 1. The maximum Gasteiger partial charge on any atom is 0.224 e. The van der Waals surface area contributed by atoms with Gasteiger partial charge in [-0.3, -0.25) is 4.79 Å². The summed E-state index contributed by atoms with van der Waals surface area (Å²) in [5, 5.41) is 20.6. The topological polar surface area (TPSA) is 69.6 Å². The number of nitrogens with one attached hydrogen (secondary N) is 1. The van der Waals surface area contributed by atoms with Crippen molar-refractivity contribution in [1.29, 1.82) is 0 Å². The molecule has 3 N–H and O–H groups in total. The molecule has 0 saturated heterocycles. The fraction of sp³-hybridized carbons (Fsp3) is 0.364. The molecule has 1 aromatic carbocycles. The van der Waals surface area contributed by atoms with E-state index in [1.807, 2.05) is 0 Å². The molecule has 0 fully saturated rings. The molecule has 1 aromatic rings. The Bertz CT molecular complexity index is 319. The van der Waals surface area contributed by atoms with Crippen LogP contribution < -0.4 is 5.32 Å². The minimum absolute atomic E-state index is 0.137. The minimum Gasteiger partial charge on any atom is -0.508 e. The van der Waals surface area contributed by atoms with Crippen molar-refractivity contribution in [2.24, 2.45) is 0 Å². The molecule has 0 saturated carbocycles. The Labute approximate surface area is 88.6 Å². The van der Waals surface area contributed by atoms with Crippen molar-refractivity contribution in [2.75, 3.05) is 6.54 Å². The summed E-state index contributed by atoms with van der Waals surface area (Å²) < 4.78 is 0. The standard InChI is InChI=1S/C11H15NO3/c1-8(13)7-12-11(15)6-9-2-4-10(14)5-3-9/h2-5,8,13-14H,6-7H2,1H3,(H,12,15)/t8-/m1/s1. The van der Waals surface area contributed by atoms with Crippen LogP contribution in [0.25, 0.3) is 0 Å². The van der Waals surface area contributed by atoms with Crippen LogP contribution in [0.5, 0.6) is 5.75 Å². The second kappa shape index (κ2) is 5.36. The highest BCUT2D eigenvalue weighted by molar-refractivity contribution is 5.78. The van der Waals surface area contributed by atoms with Crippen molar-refractivity contribution in [2.45, 2.75) is 19.4 Å². The van der Waals surface area contributed by atoms with Crippen molar-refractivity contribution >= 4 is 5.91 Å². The van der Waals surface area contributed by atoms with E-state index >= 15 is 0 Å². The van der Waals surface area contributed by atoms with Crippen molar-refractivity contribution in [3.05, 3.63) is 29.8 Å².